The fourth-order valence-electron chi connectivity index (χ4n) is 3.12. The van der Waals surface area contributed by atoms with Crippen molar-refractivity contribution in [2.75, 3.05) is 19.6 Å². The van der Waals surface area contributed by atoms with Crippen molar-refractivity contribution in [2.45, 2.75) is 32.4 Å². The molecule has 0 bridgehead atoms. The monoisotopic (exact) mass is 288 g/mol. The lowest BCUT2D eigenvalue weighted by molar-refractivity contribution is -0.132. The van der Waals surface area contributed by atoms with Crippen molar-refractivity contribution in [3.63, 3.8) is 0 Å². The Morgan fingerprint density at radius 2 is 1.81 bits per heavy atom. The maximum Gasteiger partial charge on any atom is 0.335 e. The van der Waals surface area contributed by atoms with Crippen LogP contribution in [0.5, 0.6) is 0 Å². The predicted octanol–water partition coefficient (Wildman–Crippen LogP) is 1.71. The summed E-state index contributed by atoms with van der Waals surface area (Å²) >= 11 is 0. The molecule has 1 aromatic carbocycles. The van der Waals surface area contributed by atoms with Crippen LogP contribution in [0.4, 0.5) is 0 Å². The van der Waals surface area contributed by atoms with Gasteiger partial charge < -0.3 is 14.9 Å². The lowest BCUT2D eigenvalue weighted by Gasteiger charge is -2.18. The third-order valence-electron chi connectivity index (χ3n) is 4.37. The molecule has 112 valence electrons. The quantitative estimate of drug-likeness (QED) is 0.916. The second-order valence-corrected chi connectivity index (χ2v) is 5.84. The number of likely N-dealkylation sites (tertiary alicyclic amines) is 1. The van der Waals surface area contributed by atoms with Gasteiger partial charge in [0.25, 0.3) is 0 Å². The van der Waals surface area contributed by atoms with Gasteiger partial charge in [0, 0.05) is 26.1 Å². The van der Waals surface area contributed by atoms with Crippen LogP contribution in [0.2, 0.25) is 0 Å². The van der Waals surface area contributed by atoms with Crippen LogP contribution in [0.3, 0.4) is 0 Å². The van der Waals surface area contributed by atoms with E-state index in [2.05, 4.69) is 4.90 Å². The van der Waals surface area contributed by atoms with Crippen LogP contribution in [-0.4, -0.2) is 46.4 Å². The first-order valence-electron chi connectivity index (χ1n) is 7.49. The smallest absolute Gasteiger partial charge is 0.335 e. The normalized spacial score (nSPS) is 18.0. The molecule has 1 saturated heterocycles. The summed E-state index contributed by atoms with van der Waals surface area (Å²) in [6.07, 6.45) is 3.03. The van der Waals surface area contributed by atoms with Gasteiger partial charge in [0.15, 0.2) is 0 Å². The van der Waals surface area contributed by atoms with Gasteiger partial charge in [0.05, 0.1) is 5.56 Å². The molecule has 3 rings (SSSR count). The summed E-state index contributed by atoms with van der Waals surface area (Å²) in [6, 6.07) is 5.12. The number of aromatic carboxylic acids is 1. The Morgan fingerprint density at radius 1 is 1.10 bits per heavy atom. The molecular formula is C16H20N2O3. The van der Waals surface area contributed by atoms with Gasteiger partial charge in [-0.25, -0.2) is 4.79 Å². The average Bonchev–Trinajstić information content (AvgIpc) is 3.12. The SMILES string of the molecule is O=C(O)c1ccc2c(c1)CN(C(=O)CCN1CCCC1)C2. The molecule has 1 amide bonds. The molecule has 2 heterocycles. The third kappa shape index (κ3) is 3.08. The average molecular weight is 288 g/mol. The summed E-state index contributed by atoms with van der Waals surface area (Å²) in [4.78, 5) is 27.4. The Bertz CT molecular complexity index is 565. The fourth-order valence-corrected chi connectivity index (χ4v) is 3.12. The van der Waals surface area contributed by atoms with Gasteiger partial charge in [-0.05, 0) is 49.2 Å². The topological polar surface area (TPSA) is 60.9 Å². The Balaban J connectivity index is 1.58. The number of carbonyl (C=O) groups is 2. The number of amides is 1. The van der Waals surface area contributed by atoms with Crippen molar-refractivity contribution >= 4 is 11.9 Å². The zero-order valence-electron chi connectivity index (χ0n) is 12.0. The number of carbonyl (C=O) groups excluding carboxylic acids is 1. The Labute approximate surface area is 124 Å². The molecule has 0 aromatic heterocycles. The zero-order chi connectivity index (χ0) is 14.8. The van der Waals surface area contributed by atoms with Crippen LogP contribution in [0.25, 0.3) is 0 Å². The highest BCUT2D eigenvalue weighted by molar-refractivity contribution is 5.88. The Hall–Kier alpha value is -1.88. The lowest BCUT2D eigenvalue weighted by atomic mass is 10.1. The van der Waals surface area contributed by atoms with Crippen molar-refractivity contribution in [2.24, 2.45) is 0 Å². The largest absolute Gasteiger partial charge is 0.478 e. The van der Waals surface area contributed by atoms with Gasteiger partial charge >= 0.3 is 5.97 Å². The molecule has 2 aliphatic rings. The highest BCUT2D eigenvalue weighted by Gasteiger charge is 2.24. The van der Waals surface area contributed by atoms with Gasteiger partial charge in [-0.3, -0.25) is 4.79 Å². The van der Waals surface area contributed by atoms with E-state index in [9.17, 15) is 9.59 Å². The third-order valence-corrected chi connectivity index (χ3v) is 4.37. The molecule has 2 aliphatic heterocycles. The molecule has 21 heavy (non-hydrogen) atoms. The summed E-state index contributed by atoms with van der Waals surface area (Å²) in [5, 5.41) is 9.01. The van der Waals surface area contributed by atoms with Crippen LogP contribution in [0.15, 0.2) is 18.2 Å². The number of benzene rings is 1. The van der Waals surface area contributed by atoms with Crippen LogP contribution < -0.4 is 0 Å². The predicted molar refractivity (Wildman–Crippen MR) is 77.9 cm³/mol. The van der Waals surface area contributed by atoms with Crippen molar-refractivity contribution in [1.29, 1.82) is 0 Å². The van der Waals surface area contributed by atoms with Crippen molar-refractivity contribution in [3.05, 3.63) is 34.9 Å². The van der Waals surface area contributed by atoms with E-state index in [0.29, 0.717) is 25.1 Å². The van der Waals surface area contributed by atoms with E-state index in [0.717, 1.165) is 30.8 Å². The van der Waals surface area contributed by atoms with Gasteiger partial charge in [-0.15, -0.1) is 0 Å². The zero-order valence-corrected chi connectivity index (χ0v) is 12.0. The number of carboxylic acid groups (broad SMARTS) is 1. The molecule has 1 aromatic rings. The highest BCUT2D eigenvalue weighted by atomic mass is 16.4. The minimum Gasteiger partial charge on any atom is -0.478 e. The number of fused-ring (bicyclic) bond motifs is 1. The molecule has 0 spiro atoms. The van der Waals surface area contributed by atoms with E-state index in [-0.39, 0.29) is 5.91 Å². The van der Waals surface area contributed by atoms with E-state index in [1.165, 1.54) is 12.8 Å². The maximum atomic E-state index is 12.3. The van der Waals surface area contributed by atoms with Gasteiger partial charge in [-0.1, -0.05) is 6.07 Å². The molecule has 1 fully saturated rings. The molecule has 1 N–H and O–H groups in total. The molecular weight excluding hydrogens is 268 g/mol. The van der Waals surface area contributed by atoms with Crippen molar-refractivity contribution in [1.82, 2.24) is 9.80 Å². The molecule has 0 aliphatic carbocycles. The summed E-state index contributed by atoms with van der Waals surface area (Å²) in [5.74, 6) is -0.758. The first-order valence-corrected chi connectivity index (χ1v) is 7.49. The van der Waals surface area contributed by atoms with Gasteiger partial charge in [0.1, 0.15) is 0 Å². The van der Waals surface area contributed by atoms with Crippen LogP contribution in [0, 0.1) is 0 Å². The molecule has 0 saturated carbocycles. The van der Waals surface area contributed by atoms with Crippen molar-refractivity contribution in [3.8, 4) is 0 Å². The first kappa shape index (κ1) is 14.1. The Kier molecular flexibility index (Phi) is 3.92. The molecule has 0 atom stereocenters. The van der Waals surface area contributed by atoms with E-state index >= 15 is 0 Å². The lowest BCUT2D eigenvalue weighted by Crippen LogP contribution is -2.30. The molecule has 5 nitrogen and oxygen atoms in total. The summed E-state index contributed by atoms with van der Waals surface area (Å²) in [6.45, 7) is 4.19. The molecule has 0 unspecified atom stereocenters. The van der Waals surface area contributed by atoms with Crippen LogP contribution >= 0.6 is 0 Å². The van der Waals surface area contributed by atoms with Gasteiger partial charge in [-0.2, -0.15) is 0 Å². The minimum atomic E-state index is -0.920. The summed E-state index contributed by atoms with van der Waals surface area (Å²) < 4.78 is 0. The Morgan fingerprint density at radius 3 is 2.52 bits per heavy atom. The van der Waals surface area contributed by atoms with Crippen molar-refractivity contribution < 1.29 is 14.7 Å². The number of hydrogen-bond acceptors (Lipinski definition) is 3. The van der Waals surface area contributed by atoms with E-state index in [1.807, 2.05) is 11.0 Å². The van der Waals surface area contributed by atoms with Crippen LogP contribution in [-0.2, 0) is 17.9 Å². The van der Waals surface area contributed by atoms with E-state index in [1.54, 1.807) is 12.1 Å². The van der Waals surface area contributed by atoms with E-state index in [4.69, 9.17) is 5.11 Å². The molecule has 0 radical (unpaired) electrons. The second kappa shape index (κ2) is 5.85. The standard InChI is InChI=1S/C16H20N2O3/c19-15(5-8-17-6-1-2-7-17)18-10-13-4-3-12(16(20)21)9-14(13)11-18/h3-4,9H,1-2,5-8,10-11H2,(H,20,21). The molecule has 5 heteroatoms. The first-order chi connectivity index (χ1) is 10.1. The number of rotatable bonds is 4. The second-order valence-electron chi connectivity index (χ2n) is 5.84. The number of hydrogen-bond donors (Lipinski definition) is 1. The van der Waals surface area contributed by atoms with E-state index < -0.39 is 5.97 Å². The highest BCUT2D eigenvalue weighted by Crippen LogP contribution is 2.24. The maximum absolute atomic E-state index is 12.3. The number of nitrogens with zero attached hydrogens (tertiary/aromatic N) is 2. The fraction of sp³-hybridized carbons (Fsp3) is 0.500. The number of carboxylic acids is 1. The minimum absolute atomic E-state index is 0.162. The summed E-state index contributed by atoms with van der Waals surface area (Å²) in [7, 11) is 0. The summed E-state index contributed by atoms with van der Waals surface area (Å²) in [5.41, 5.74) is 2.32. The van der Waals surface area contributed by atoms with Crippen LogP contribution in [0.1, 0.15) is 40.7 Å². The van der Waals surface area contributed by atoms with Gasteiger partial charge in [0.2, 0.25) is 5.91 Å².